The smallest absolute Gasteiger partial charge is 0.0811 e. The summed E-state index contributed by atoms with van der Waals surface area (Å²) in [5.41, 5.74) is 3.63. The maximum atomic E-state index is 10.2. The number of hydrogen-bond acceptors (Lipinski definition) is 3. The van der Waals surface area contributed by atoms with E-state index >= 15 is 0 Å². The van der Waals surface area contributed by atoms with Crippen LogP contribution in [0.4, 0.5) is 0 Å². The molecule has 0 amide bonds. The van der Waals surface area contributed by atoms with Crippen LogP contribution in [0.5, 0.6) is 0 Å². The second-order valence-corrected chi connectivity index (χ2v) is 10.7. The van der Waals surface area contributed by atoms with Crippen molar-refractivity contribution >= 4 is 0 Å². The van der Waals surface area contributed by atoms with Crippen LogP contribution in [0.25, 0.3) is 0 Å². The van der Waals surface area contributed by atoms with Crippen LogP contribution in [0.3, 0.4) is 0 Å². The molecule has 0 aromatic rings. The third-order valence-corrected chi connectivity index (χ3v) is 8.65. The summed E-state index contributed by atoms with van der Waals surface area (Å²) in [6, 6.07) is 0. The van der Waals surface area contributed by atoms with Crippen LogP contribution in [0.15, 0.2) is 47.6 Å². The topological polar surface area (TPSA) is 60.7 Å². The van der Waals surface area contributed by atoms with Crippen molar-refractivity contribution in [1.29, 1.82) is 0 Å². The maximum absolute atomic E-state index is 10.2. The summed E-state index contributed by atoms with van der Waals surface area (Å²) in [6.45, 7) is 8.88. The molecule has 0 spiro atoms. The van der Waals surface area contributed by atoms with Crippen molar-refractivity contribution in [3.05, 3.63) is 47.6 Å². The Labute approximate surface area is 182 Å². The van der Waals surface area contributed by atoms with Gasteiger partial charge in [0.25, 0.3) is 0 Å². The fraction of sp³-hybridized carbons (Fsp3) is 0.704. The van der Waals surface area contributed by atoms with Gasteiger partial charge in [0.2, 0.25) is 0 Å². The Bertz CT molecular complexity index is 743. The lowest BCUT2D eigenvalue weighted by molar-refractivity contribution is 0.0862. The molecule has 166 valence electrons. The predicted octanol–water partition coefficient (Wildman–Crippen LogP) is 5.09. The average Bonchev–Trinajstić information content (AvgIpc) is 3.49. The van der Waals surface area contributed by atoms with Gasteiger partial charge in [0.1, 0.15) is 0 Å². The van der Waals surface area contributed by atoms with Crippen LogP contribution in [0.2, 0.25) is 0 Å². The Morgan fingerprint density at radius 1 is 1.10 bits per heavy atom. The van der Waals surface area contributed by atoms with E-state index < -0.39 is 12.2 Å². The first-order chi connectivity index (χ1) is 14.3. The lowest BCUT2D eigenvalue weighted by Gasteiger charge is -2.44. The van der Waals surface area contributed by atoms with E-state index in [0.717, 1.165) is 17.6 Å². The third-order valence-electron chi connectivity index (χ3n) is 8.65. The van der Waals surface area contributed by atoms with Crippen molar-refractivity contribution in [3.63, 3.8) is 0 Å². The van der Waals surface area contributed by atoms with Gasteiger partial charge in [-0.05, 0) is 91.6 Å². The molecule has 4 aliphatic carbocycles. The molecule has 0 aromatic carbocycles. The Morgan fingerprint density at radius 2 is 1.87 bits per heavy atom. The van der Waals surface area contributed by atoms with E-state index in [4.69, 9.17) is 0 Å². The molecule has 7 atom stereocenters. The Morgan fingerprint density at radius 3 is 2.60 bits per heavy atom. The lowest BCUT2D eigenvalue weighted by Crippen LogP contribution is -2.35. The van der Waals surface area contributed by atoms with Crippen molar-refractivity contribution in [2.75, 3.05) is 0 Å². The predicted molar refractivity (Wildman–Crippen MR) is 122 cm³/mol. The first-order valence-corrected chi connectivity index (χ1v) is 12.1. The van der Waals surface area contributed by atoms with Crippen molar-refractivity contribution in [3.8, 4) is 0 Å². The second-order valence-electron chi connectivity index (χ2n) is 10.7. The lowest BCUT2D eigenvalue weighted by atomic mass is 9.61. The van der Waals surface area contributed by atoms with Gasteiger partial charge in [-0.3, -0.25) is 0 Å². The van der Waals surface area contributed by atoms with Gasteiger partial charge in [0.15, 0.2) is 0 Å². The highest BCUT2D eigenvalue weighted by Crippen LogP contribution is 2.59. The van der Waals surface area contributed by atoms with Crippen LogP contribution in [0, 0.1) is 29.1 Å². The molecule has 0 saturated heterocycles. The molecule has 0 aliphatic heterocycles. The van der Waals surface area contributed by atoms with Gasteiger partial charge in [0, 0.05) is 6.42 Å². The second kappa shape index (κ2) is 8.76. The number of hydrogen-bond donors (Lipinski definition) is 3. The van der Waals surface area contributed by atoms with Crippen LogP contribution in [-0.2, 0) is 0 Å². The molecule has 0 heterocycles. The van der Waals surface area contributed by atoms with E-state index in [9.17, 15) is 15.3 Å². The van der Waals surface area contributed by atoms with Gasteiger partial charge in [-0.2, -0.15) is 0 Å². The SMILES string of the molecule is C=C1/C(=C\C=C2/CCC[C@@]3(C)[C@@H]2CC[C@@H]3[C@H](C)/C=C/[C@@H](O)C2CC2)C[C@@H](O)C[C@H]1O. The van der Waals surface area contributed by atoms with E-state index in [-0.39, 0.29) is 6.10 Å². The first-order valence-electron chi connectivity index (χ1n) is 12.1. The minimum atomic E-state index is -0.621. The Kier molecular flexibility index (Phi) is 6.44. The molecule has 3 heteroatoms. The summed E-state index contributed by atoms with van der Waals surface area (Å²) < 4.78 is 0. The monoisotopic (exact) mass is 412 g/mol. The molecule has 4 fully saturated rings. The number of allylic oxidation sites excluding steroid dienone is 4. The molecule has 3 nitrogen and oxygen atoms in total. The summed E-state index contributed by atoms with van der Waals surface area (Å²) in [4.78, 5) is 0. The first kappa shape index (κ1) is 22.0. The molecule has 0 unspecified atom stereocenters. The van der Waals surface area contributed by atoms with E-state index in [1.807, 2.05) is 0 Å². The number of aliphatic hydroxyl groups is 3. The standard InChI is InChI=1S/C27H40O3/c1-17(6-13-25(29)20-8-9-20)23-11-12-24-19(5-4-14-27(23,24)3)7-10-21-15-22(28)16-26(30)18(21)2/h6-7,10,13,17,20,22-26,28-30H,2,4-5,8-9,11-12,14-16H2,1,3H3/b13-6+,19-7+,21-10-/t17-,22-,23-,24-,25-,26-,27-/m1/s1. The minimum Gasteiger partial charge on any atom is -0.393 e. The molecule has 0 bridgehead atoms. The number of fused-ring (bicyclic) bond motifs is 1. The molecule has 3 N–H and O–H groups in total. The fourth-order valence-corrected chi connectivity index (χ4v) is 6.63. The average molecular weight is 413 g/mol. The molecule has 4 aliphatic rings. The van der Waals surface area contributed by atoms with Crippen LogP contribution < -0.4 is 0 Å². The summed E-state index contributed by atoms with van der Waals surface area (Å²) >= 11 is 0. The zero-order chi connectivity index (χ0) is 21.5. The van der Waals surface area contributed by atoms with E-state index in [1.54, 1.807) is 0 Å². The molecule has 0 radical (unpaired) electrons. The Hall–Kier alpha value is -1.16. The molecular weight excluding hydrogens is 372 g/mol. The highest BCUT2D eigenvalue weighted by atomic mass is 16.3. The van der Waals surface area contributed by atoms with Gasteiger partial charge in [0.05, 0.1) is 18.3 Å². The molecule has 4 saturated carbocycles. The minimum absolute atomic E-state index is 0.250. The van der Waals surface area contributed by atoms with Crippen molar-refractivity contribution in [1.82, 2.24) is 0 Å². The number of aliphatic hydroxyl groups excluding tert-OH is 3. The van der Waals surface area contributed by atoms with E-state index in [0.29, 0.717) is 41.9 Å². The Balaban J connectivity index is 1.48. The highest BCUT2D eigenvalue weighted by Gasteiger charge is 2.50. The van der Waals surface area contributed by atoms with Crippen molar-refractivity contribution in [2.24, 2.45) is 29.1 Å². The summed E-state index contributed by atoms with van der Waals surface area (Å²) in [7, 11) is 0. The third kappa shape index (κ3) is 4.40. The molecular formula is C27H40O3. The molecule has 30 heavy (non-hydrogen) atoms. The zero-order valence-electron chi connectivity index (χ0n) is 18.8. The fourth-order valence-electron chi connectivity index (χ4n) is 6.63. The van der Waals surface area contributed by atoms with Crippen molar-refractivity contribution in [2.45, 2.75) is 89.9 Å². The zero-order valence-corrected chi connectivity index (χ0v) is 18.8. The molecule has 4 rings (SSSR count). The van der Waals surface area contributed by atoms with Gasteiger partial charge < -0.3 is 15.3 Å². The quantitative estimate of drug-likeness (QED) is 0.551. The summed E-state index contributed by atoms with van der Waals surface area (Å²) in [5.74, 6) is 2.28. The normalized spacial score (nSPS) is 42.1. The van der Waals surface area contributed by atoms with Gasteiger partial charge in [-0.15, -0.1) is 0 Å². The maximum Gasteiger partial charge on any atom is 0.0811 e. The van der Waals surface area contributed by atoms with Gasteiger partial charge in [-0.25, -0.2) is 0 Å². The number of rotatable bonds is 5. The van der Waals surface area contributed by atoms with E-state index in [1.165, 1.54) is 44.1 Å². The van der Waals surface area contributed by atoms with E-state index in [2.05, 4.69) is 44.7 Å². The van der Waals surface area contributed by atoms with Crippen LogP contribution in [-0.4, -0.2) is 33.6 Å². The summed E-state index contributed by atoms with van der Waals surface area (Å²) in [5, 5.41) is 30.4. The highest BCUT2D eigenvalue weighted by molar-refractivity contribution is 5.38. The van der Waals surface area contributed by atoms with Gasteiger partial charge >= 0.3 is 0 Å². The van der Waals surface area contributed by atoms with Crippen LogP contribution in [0.1, 0.15) is 71.6 Å². The van der Waals surface area contributed by atoms with Gasteiger partial charge in [-0.1, -0.05) is 50.3 Å². The van der Waals surface area contributed by atoms with Crippen LogP contribution >= 0.6 is 0 Å². The molecule has 0 aromatic heterocycles. The largest absolute Gasteiger partial charge is 0.393 e. The summed E-state index contributed by atoms with van der Waals surface area (Å²) in [6.07, 6.45) is 16.9. The van der Waals surface area contributed by atoms with Crippen molar-refractivity contribution < 1.29 is 15.3 Å².